The number of carbonyl (C=O) groups excluding carboxylic acids is 1. The standard InChI is InChI=1S/C13H17FN2O3S/c1-10-5-6-11(9-12(10)14)13(17)15-20(18,19)16-7-3-2-4-8-16/h5-6,9H,2-4,7-8H2,1H3,(H,15,17). The van der Waals surface area contributed by atoms with Crippen LogP contribution in [-0.2, 0) is 10.2 Å². The van der Waals surface area contributed by atoms with Crippen LogP contribution in [0.2, 0.25) is 0 Å². The average Bonchev–Trinajstić information content (AvgIpc) is 2.42. The molecule has 20 heavy (non-hydrogen) atoms. The summed E-state index contributed by atoms with van der Waals surface area (Å²) in [4.78, 5) is 11.9. The van der Waals surface area contributed by atoms with Gasteiger partial charge in [-0.2, -0.15) is 12.7 Å². The highest BCUT2D eigenvalue weighted by Gasteiger charge is 2.26. The van der Waals surface area contributed by atoms with E-state index in [0.717, 1.165) is 25.3 Å². The van der Waals surface area contributed by atoms with Crippen LogP contribution < -0.4 is 4.72 Å². The number of amides is 1. The van der Waals surface area contributed by atoms with Crippen molar-refractivity contribution in [3.05, 3.63) is 35.1 Å². The molecule has 0 unspecified atom stereocenters. The summed E-state index contributed by atoms with van der Waals surface area (Å²) in [5.74, 6) is -1.34. The molecule has 1 heterocycles. The van der Waals surface area contributed by atoms with Crippen LogP contribution in [0.3, 0.4) is 0 Å². The Bertz CT molecular complexity index is 610. The van der Waals surface area contributed by atoms with Crippen molar-refractivity contribution in [1.82, 2.24) is 9.03 Å². The number of nitrogens with one attached hydrogen (secondary N) is 1. The molecule has 1 aliphatic rings. The second-order valence-electron chi connectivity index (χ2n) is 4.86. The Hall–Kier alpha value is -1.47. The molecule has 1 fully saturated rings. The molecule has 1 N–H and O–H groups in total. The van der Waals surface area contributed by atoms with Crippen molar-refractivity contribution in [3.63, 3.8) is 0 Å². The van der Waals surface area contributed by atoms with Gasteiger partial charge < -0.3 is 0 Å². The fraction of sp³-hybridized carbons (Fsp3) is 0.462. The van der Waals surface area contributed by atoms with Gasteiger partial charge in [0.1, 0.15) is 5.82 Å². The molecule has 1 aromatic rings. The molecule has 0 aliphatic carbocycles. The number of nitrogens with zero attached hydrogens (tertiary/aromatic N) is 1. The molecule has 2 rings (SSSR count). The summed E-state index contributed by atoms with van der Waals surface area (Å²) >= 11 is 0. The van der Waals surface area contributed by atoms with Crippen molar-refractivity contribution >= 4 is 16.1 Å². The van der Waals surface area contributed by atoms with Gasteiger partial charge in [0, 0.05) is 18.7 Å². The molecule has 1 amide bonds. The Labute approximate surface area is 118 Å². The largest absolute Gasteiger partial charge is 0.304 e. The van der Waals surface area contributed by atoms with Gasteiger partial charge in [-0.1, -0.05) is 12.5 Å². The number of halogens is 1. The summed E-state index contributed by atoms with van der Waals surface area (Å²) in [6, 6.07) is 3.88. The van der Waals surface area contributed by atoms with Crippen LogP contribution in [0.1, 0.15) is 35.2 Å². The number of benzene rings is 1. The third kappa shape index (κ3) is 3.34. The Morgan fingerprint density at radius 1 is 1.25 bits per heavy atom. The number of rotatable bonds is 3. The van der Waals surface area contributed by atoms with Crippen LogP contribution >= 0.6 is 0 Å². The Morgan fingerprint density at radius 3 is 2.50 bits per heavy atom. The number of piperidine rings is 1. The van der Waals surface area contributed by atoms with Crippen LogP contribution in [0.5, 0.6) is 0 Å². The average molecular weight is 300 g/mol. The van der Waals surface area contributed by atoms with Crippen molar-refractivity contribution in [3.8, 4) is 0 Å². The highest BCUT2D eigenvalue weighted by molar-refractivity contribution is 7.87. The van der Waals surface area contributed by atoms with E-state index in [9.17, 15) is 17.6 Å². The SMILES string of the molecule is Cc1ccc(C(=O)NS(=O)(=O)N2CCCCC2)cc1F. The zero-order valence-electron chi connectivity index (χ0n) is 11.2. The van der Waals surface area contributed by atoms with E-state index >= 15 is 0 Å². The van der Waals surface area contributed by atoms with E-state index in [0.29, 0.717) is 18.7 Å². The number of aryl methyl sites for hydroxylation is 1. The predicted octanol–water partition coefficient (Wildman–Crippen LogP) is 1.59. The molecular formula is C13H17FN2O3S. The summed E-state index contributed by atoms with van der Waals surface area (Å²) in [6.07, 6.45) is 2.56. The molecule has 0 radical (unpaired) electrons. The summed E-state index contributed by atoms with van der Waals surface area (Å²) in [5.41, 5.74) is 0.397. The fourth-order valence-corrected chi connectivity index (χ4v) is 3.30. The highest BCUT2D eigenvalue weighted by atomic mass is 32.2. The molecule has 0 aromatic heterocycles. The Morgan fingerprint density at radius 2 is 1.90 bits per heavy atom. The van der Waals surface area contributed by atoms with E-state index in [2.05, 4.69) is 0 Å². The van der Waals surface area contributed by atoms with Crippen LogP contribution in [0.15, 0.2) is 18.2 Å². The summed E-state index contributed by atoms with van der Waals surface area (Å²) in [5, 5.41) is 0. The first-order chi connectivity index (χ1) is 9.40. The van der Waals surface area contributed by atoms with Gasteiger partial charge in [0.2, 0.25) is 0 Å². The zero-order chi connectivity index (χ0) is 14.8. The van der Waals surface area contributed by atoms with Gasteiger partial charge in [-0.05, 0) is 37.5 Å². The van der Waals surface area contributed by atoms with Crippen molar-refractivity contribution in [2.45, 2.75) is 26.2 Å². The van der Waals surface area contributed by atoms with Crippen LogP contribution in [-0.4, -0.2) is 31.7 Å². The lowest BCUT2D eigenvalue weighted by Crippen LogP contribution is -2.45. The molecule has 0 atom stereocenters. The molecule has 7 heteroatoms. The smallest absolute Gasteiger partial charge is 0.268 e. The van der Waals surface area contributed by atoms with E-state index < -0.39 is 21.9 Å². The van der Waals surface area contributed by atoms with E-state index in [4.69, 9.17) is 0 Å². The maximum Gasteiger partial charge on any atom is 0.304 e. The molecule has 110 valence electrons. The summed E-state index contributed by atoms with van der Waals surface area (Å²) in [7, 11) is -3.84. The first-order valence-electron chi connectivity index (χ1n) is 6.48. The molecular weight excluding hydrogens is 283 g/mol. The van der Waals surface area contributed by atoms with Gasteiger partial charge in [-0.3, -0.25) is 4.79 Å². The van der Waals surface area contributed by atoms with Gasteiger partial charge in [0.15, 0.2) is 0 Å². The lowest BCUT2D eigenvalue weighted by molar-refractivity contribution is 0.0978. The van der Waals surface area contributed by atoms with Crippen molar-refractivity contribution in [2.24, 2.45) is 0 Å². The lowest BCUT2D eigenvalue weighted by atomic mass is 10.1. The van der Waals surface area contributed by atoms with Crippen molar-refractivity contribution in [2.75, 3.05) is 13.1 Å². The summed E-state index contributed by atoms with van der Waals surface area (Å²) in [6.45, 7) is 2.39. The van der Waals surface area contributed by atoms with Gasteiger partial charge >= 0.3 is 10.2 Å². The van der Waals surface area contributed by atoms with E-state index in [1.165, 1.54) is 16.4 Å². The topological polar surface area (TPSA) is 66.5 Å². The number of hydrogen-bond acceptors (Lipinski definition) is 3. The minimum absolute atomic E-state index is 0.00585. The Kier molecular flexibility index (Phi) is 4.39. The normalized spacial score (nSPS) is 16.9. The first kappa shape index (κ1) is 14.9. The molecule has 0 spiro atoms. The van der Waals surface area contributed by atoms with Crippen LogP contribution in [0, 0.1) is 12.7 Å². The van der Waals surface area contributed by atoms with E-state index in [-0.39, 0.29) is 5.56 Å². The third-order valence-corrected chi connectivity index (χ3v) is 4.80. The van der Waals surface area contributed by atoms with Crippen LogP contribution in [0.4, 0.5) is 4.39 Å². The summed E-state index contributed by atoms with van der Waals surface area (Å²) < 4.78 is 40.7. The Balaban J connectivity index is 2.11. The number of carbonyl (C=O) groups is 1. The molecule has 1 aromatic carbocycles. The van der Waals surface area contributed by atoms with Gasteiger partial charge in [0.25, 0.3) is 5.91 Å². The van der Waals surface area contributed by atoms with Crippen molar-refractivity contribution in [1.29, 1.82) is 0 Å². The van der Waals surface area contributed by atoms with Crippen LogP contribution in [0.25, 0.3) is 0 Å². The van der Waals surface area contributed by atoms with Gasteiger partial charge in [-0.15, -0.1) is 0 Å². The predicted molar refractivity (Wildman–Crippen MR) is 72.9 cm³/mol. The zero-order valence-corrected chi connectivity index (χ0v) is 12.0. The lowest BCUT2D eigenvalue weighted by Gasteiger charge is -2.25. The van der Waals surface area contributed by atoms with Gasteiger partial charge in [0.05, 0.1) is 0 Å². The fourth-order valence-electron chi connectivity index (χ4n) is 2.08. The number of hydrogen-bond donors (Lipinski definition) is 1. The maximum absolute atomic E-state index is 13.4. The second-order valence-corrected chi connectivity index (χ2v) is 6.53. The molecule has 0 saturated carbocycles. The van der Waals surface area contributed by atoms with E-state index in [1.54, 1.807) is 6.92 Å². The van der Waals surface area contributed by atoms with Crippen molar-refractivity contribution < 1.29 is 17.6 Å². The van der Waals surface area contributed by atoms with E-state index in [1.807, 2.05) is 4.72 Å². The monoisotopic (exact) mass is 300 g/mol. The minimum Gasteiger partial charge on any atom is -0.268 e. The maximum atomic E-state index is 13.4. The second kappa shape index (κ2) is 5.88. The quantitative estimate of drug-likeness (QED) is 0.922. The minimum atomic E-state index is -3.84. The molecule has 1 saturated heterocycles. The molecule has 1 aliphatic heterocycles. The first-order valence-corrected chi connectivity index (χ1v) is 7.92. The highest BCUT2D eigenvalue weighted by Crippen LogP contribution is 2.13. The molecule has 0 bridgehead atoms. The third-order valence-electron chi connectivity index (χ3n) is 3.31. The molecule has 5 nitrogen and oxygen atoms in total. The van der Waals surface area contributed by atoms with Gasteiger partial charge in [-0.25, -0.2) is 9.11 Å².